The molecule has 1 aromatic carbocycles. The van der Waals surface area contributed by atoms with E-state index >= 15 is 0 Å². The Morgan fingerprint density at radius 3 is 2.54 bits per heavy atom. The maximum Gasteiger partial charge on any atom is 0.263 e. The van der Waals surface area contributed by atoms with Crippen molar-refractivity contribution in [3.8, 4) is 0 Å². The highest BCUT2D eigenvalue weighted by Gasteiger charge is 2.16. The van der Waals surface area contributed by atoms with Crippen molar-refractivity contribution in [3.63, 3.8) is 0 Å². The van der Waals surface area contributed by atoms with Crippen LogP contribution in [0.2, 0.25) is 10.0 Å². The molecule has 0 aliphatic carbocycles. The van der Waals surface area contributed by atoms with Gasteiger partial charge in [-0.2, -0.15) is 0 Å². The predicted molar refractivity (Wildman–Crippen MR) is 105 cm³/mol. The maximum absolute atomic E-state index is 12.8. The van der Waals surface area contributed by atoms with E-state index in [-0.39, 0.29) is 5.56 Å². The summed E-state index contributed by atoms with van der Waals surface area (Å²) in [5, 5.41) is 2.69. The Kier molecular flexibility index (Phi) is 5.25. The Balaban J connectivity index is 2.05. The summed E-state index contributed by atoms with van der Waals surface area (Å²) >= 11 is 15.5. The Morgan fingerprint density at radius 1 is 1.25 bits per heavy atom. The number of aryl methyl sites for hydroxylation is 2. The SMILES string of the molecule is CCn1c(SCc2c(Cl)cccc2Cl)nc2sc(C)c(C)c2c1=O. The van der Waals surface area contributed by atoms with Gasteiger partial charge in [-0.1, -0.05) is 41.0 Å². The summed E-state index contributed by atoms with van der Waals surface area (Å²) in [4.78, 5) is 19.5. The van der Waals surface area contributed by atoms with Crippen LogP contribution in [0.15, 0.2) is 28.2 Å². The first-order valence-electron chi connectivity index (χ1n) is 7.50. The number of benzene rings is 1. The van der Waals surface area contributed by atoms with E-state index in [4.69, 9.17) is 28.2 Å². The minimum atomic E-state index is 0.0251. The van der Waals surface area contributed by atoms with Gasteiger partial charge in [0.1, 0.15) is 4.83 Å². The molecular weight excluding hydrogens is 383 g/mol. The molecule has 7 heteroatoms. The topological polar surface area (TPSA) is 34.9 Å². The van der Waals surface area contributed by atoms with Crippen molar-refractivity contribution in [1.82, 2.24) is 9.55 Å². The predicted octanol–water partition coefficient (Wildman–Crippen LogP) is 5.69. The first kappa shape index (κ1) is 17.8. The first-order chi connectivity index (χ1) is 11.4. The number of nitrogens with zero attached hydrogens (tertiary/aromatic N) is 2. The lowest BCUT2D eigenvalue weighted by Gasteiger charge is -2.11. The van der Waals surface area contributed by atoms with Crippen LogP contribution in [0.3, 0.4) is 0 Å². The molecule has 0 spiro atoms. The zero-order chi connectivity index (χ0) is 17.4. The zero-order valence-corrected chi connectivity index (χ0v) is 16.7. The number of aromatic nitrogens is 2. The van der Waals surface area contributed by atoms with Crippen molar-refractivity contribution in [3.05, 3.63) is 54.6 Å². The second-order valence-corrected chi connectivity index (χ2v) is 8.36. The van der Waals surface area contributed by atoms with E-state index in [1.807, 2.05) is 39.0 Å². The molecule has 0 radical (unpaired) electrons. The molecule has 3 nitrogen and oxygen atoms in total. The molecule has 0 atom stereocenters. The molecule has 0 amide bonds. The maximum atomic E-state index is 12.8. The highest BCUT2D eigenvalue weighted by Crippen LogP contribution is 2.32. The summed E-state index contributed by atoms with van der Waals surface area (Å²) in [6.07, 6.45) is 0. The molecule has 0 aliphatic rings. The van der Waals surface area contributed by atoms with Gasteiger partial charge in [-0.3, -0.25) is 9.36 Å². The monoisotopic (exact) mass is 398 g/mol. The van der Waals surface area contributed by atoms with E-state index in [2.05, 4.69) is 0 Å². The van der Waals surface area contributed by atoms with E-state index in [9.17, 15) is 4.79 Å². The number of thioether (sulfide) groups is 1. The van der Waals surface area contributed by atoms with E-state index in [1.165, 1.54) is 11.8 Å². The molecule has 0 bridgehead atoms. The summed E-state index contributed by atoms with van der Waals surface area (Å²) < 4.78 is 1.72. The van der Waals surface area contributed by atoms with Crippen LogP contribution >= 0.6 is 46.3 Å². The van der Waals surface area contributed by atoms with Gasteiger partial charge in [-0.25, -0.2) is 4.98 Å². The molecule has 0 fully saturated rings. The fraction of sp³-hybridized carbons (Fsp3) is 0.294. The highest BCUT2D eigenvalue weighted by atomic mass is 35.5. The van der Waals surface area contributed by atoms with Gasteiger partial charge in [0.25, 0.3) is 5.56 Å². The Bertz CT molecular complexity index is 959. The van der Waals surface area contributed by atoms with Crippen LogP contribution in [-0.2, 0) is 12.3 Å². The fourth-order valence-electron chi connectivity index (χ4n) is 2.50. The molecule has 24 heavy (non-hydrogen) atoms. The second kappa shape index (κ2) is 7.08. The number of hydrogen-bond donors (Lipinski definition) is 0. The summed E-state index contributed by atoms with van der Waals surface area (Å²) in [6.45, 7) is 6.53. The quantitative estimate of drug-likeness (QED) is 0.417. The minimum Gasteiger partial charge on any atom is -0.287 e. The molecule has 3 rings (SSSR count). The summed E-state index contributed by atoms with van der Waals surface area (Å²) in [5.41, 5.74) is 1.92. The van der Waals surface area contributed by atoms with Gasteiger partial charge in [0, 0.05) is 27.2 Å². The summed E-state index contributed by atoms with van der Waals surface area (Å²) in [5.74, 6) is 0.569. The van der Waals surface area contributed by atoms with Crippen molar-refractivity contribution in [1.29, 1.82) is 0 Å². The largest absolute Gasteiger partial charge is 0.287 e. The molecule has 0 unspecified atom stereocenters. The lowest BCUT2D eigenvalue weighted by atomic mass is 10.2. The molecule has 0 saturated carbocycles. The molecule has 0 aliphatic heterocycles. The third-order valence-corrected chi connectivity index (χ3v) is 6.79. The Labute approximate surface area is 158 Å². The van der Waals surface area contributed by atoms with Gasteiger partial charge in [0.05, 0.1) is 5.39 Å². The van der Waals surface area contributed by atoms with Gasteiger partial charge in [0.2, 0.25) is 0 Å². The molecule has 2 heterocycles. The molecule has 0 saturated heterocycles. The standard InChI is InChI=1S/C17H16Cl2N2OS2/c1-4-21-16(22)14-9(2)10(3)24-15(14)20-17(21)23-8-11-12(18)6-5-7-13(11)19/h5-7H,4,8H2,1-3H3. The van der Waals surface area contributed by atoms with Crippen LogP contribution < -0.4 is 5.56 Å². The minimum absolute atomic E-state index is 0.0251. The highest BCUT2D eigenvalue weighted by molar-refractivity contribution is 7.98. The molecule has 3 aromatic rings. The Hall–Kier alpha value is -1.01. The summed E-state index contributed by atoms with van der Waals surface area (Å²) in [7, 11) is 0. The fourth-order valence-corrected chi connectivity index (χ4v) is 5.38. The number of halogens is 2. The molecular formula is C17H16Cl2N2OS2. The van der Waals surface area contributed by atoms with Gasteiger partial charge in [0.15, 0.2) is 5.16 Å². The number of fused-ring (bicyclic) bond motifs is 1. The summed E-state index contributed by atoms with van der Waals surface area (Å²) in [6, 6.07) is 5.46. The van der Waals surface area contributed by atoms with Crippen molar-refractivity contribution >= 4 is 56.5 Å². The van der Waals surface area contributed by atoms with Crippen LogP contribution in [0, 0.1) is 13.8 Å². The van der Waals surface area contributed by atoms with Crippen LogP contribution in [0.5, 0.6) is 0 Å². The van der Waals surface area contributed by atoms with Crippen LogP contribution in [-0.4, -0.2) is 9.55 Å². The number of rotatable bonds is 4. The Morgan fingerprint density at radius 2 is 1.92 bits per heavy atom. The number of hydrogen-bond acceptors (Lipinski definition) is 4. The van der Waals surface area contributed by atoms with Gasteiger partial charge in [-0.15, -0.1) is 11.3 Å². The number of thiophene rings is 1. The van der Waals surface area contributed by atoms with Gasteiger partial charge < -0.3 is 0 Å². The zero-order valence-electron chi connectivity index (χ0n) is 13.5. The van der Waals surface area contributed by atoms with Crippen molar-refractivity contribution in [2.45, 2.75) is 38.2 Å². The van der Waals surface area contributed by atoms with Gasteiger partial charge >= 0.3 is 0 Å². The van der Waals surface area contributed by atoms with E-state index in [1.54, 1.807) is 15.9 Å². The van der Waals surface area contributed by atoms with Crippen LogP contribution in [0.1, 0.15) is 22.9 Å². The average Bonchev–Trinajstić information content (AvgIpc) is 2.82. The normalized spacial score (nSPS) is 11.4. The van der Waals surface area contributed by atoms with Crippen LogP contribution in [0.4, 0.5) is 0 Å². The smallest absolute Gasteiger partial charge is 0.263 e. The lowest BCUT2D eigenvalue weighted by Crippen LogP contribution is -2.22. The van der Waals surface area contributed by atoms with E-state index in [0.717, 1.165) is 26.2 Å². The first-order valence-corrected chi connectivity index (χ1v) is 10.1. The van der Waals surface area contributed by atoms with Crippen molar-refractivity contribution in [2.24, 2.45) is 0 Å². The third-order valence-electron chi connectivity index (χ3n) is 3.98. The van der Waals surface area contributed by atoms with Gasteiger partial charge in [-0.05, 0) is 44.0 Å². The molecule has 0 N–H and O–H groups in total. The lowest BCUT2D eigenvalue weighted by molar-refractivity contribution is 0.635. The van der Waals surface area contributed by atoms with Crippen LogP contribution in [0.25, 0.3) is 10.2 Å². The average molecular weight is 399 g/mol. The molecule has 2 aromatic heterocycles. The molecule has 126 valence electrons. The van der Waals surface area contributed by atoms with E-state index < -0.39 is 0 Å². The third kappa shape index (κ3) is 3.10. The van der Waals surface area contributed by atoms with Crippen molar-refractivity contribution < 1.29 is 0 Å². The second-order valence-electron chi connectivity index (χ2n) is 5.40. The van der Waals surface area contributed by atoms with Crippen molar-refractivity contribution in [2.75, 3.05) is 0 Å². The van der Waals surface area contributed by atoms with E-state index in [0.29, 0.717) is 27.5 Å².